The fourth-order valence-electron chi connectivity index (χ4n) is 20.9. The van der Waals surface area contributed by atoms with Crippen molar-refractivity contribution in [3.63, 3.8) is 0 Å². The van der Waals surface area contributed by atoms with E-state index in [0.717, 1.165) is 242 Å². The molecule has 4 saturated carbocycles. The molecule has 4 aromatic heterocycles. The molecule has 4 amide bonds. The van der Waals surface area contributed by atoms with Crippen molar-refractivity contribution in [2.75, 3.05) is 21.3 Å². The molecule has 704 valence electrons. The van der Waals surface area contributed by atoms with Crippen LogP contribution in [0.1, 0.15) is 244 Å². The first-order valence-corrected chi connectivity index (χ1v) is 50.5. The number of carbonyl (C=O) groups is 4. The Morgan fingerprint density at radius 2 is 0.537 bits per heavy atom. The third-order valence-corrected chi connectivity index (χ3v) is 29.1. The Bertz CT molecular complexity index is 5510. The standard InChI is InChI=1S/C28H30BrN3O2.C28H30ClN3O2.C28H30FN3O2.C28H31N3O3/c3*29-21-10-6-19(7-11-21)16-26(34)32-28-25(14-8-18-4-2-1-3-5-18)30-27-23-13-12-22(33)17-20(23)9-15-24(27)31-28;32-21-10-6-19(7-11-21)16-26(34)31-28-25(14-8-18-4-2-1-3-5-18)29-27-23-13-12-22(33)17-20(23)9-15-24(27)30-28/h3*6-7,10-13,17-18,33H,1-5,8-9,14-16H2,(H,31,32,34);6-7,10-13,17-18,32-33H,1-5,8-9,14-16H2,(H,30,31,34). The van der Waals surface area contributed by atoms with E-state index in [4.69, 9.17) is 51.5 Å². The number of aryl methyl sites for hydroxylation is 12. The van der Waals surface area contributed by atoms with Gasteiger partial charge in [-0.05, 0) is 292 Å². The van der Waals surface area contributed by atoms with E-state index in [9.17, 15) is 49.1 Å². The summed E-state index contributed by atoms with van der Waals surface area (Å²) in [5, 5.41) is 61.9. The van der Waals surface area contributed by atoms with Crippen molar-refractivity contribution in [2.45, 2.75) is 257 Å². The summed E-state index contributed by atoms with van der Waals surface area (Å²) in [6.07, 6.45) is 40.3. The molecule has 0 spiro atoms. The highest BCUT2D eigenvalue weighted by Crippen LogP contribution is 2.43. The summed E-state index contributed by atoms with van der Waals surface area (Å²) in [6, 6.07) is 49.6. The molecule has 20 rings (SSSR count). The Hall–Kier alpha value is -12.3. The monoisotopic (exact) mass is 1910 g/mol. The number of fused-ring (bicyclic) bond motifs is 12. The summed E-state index contributed by atoms with van der Waals surface area (Å²) in [7, 11) is 0. The number of nitrogens with one attached hydrogen (secondary N) is 4. The van der Waals surface area contributed by atoms with Crippen LogP contribution in [0.4, 0.5) is 27.7 Å². The number of hydrogen-bond acceptors (Lipinski definition) is 17. The summed E-state index contributed by atoms with van der Waals surface area (Å²) in [4.78, 5) is 91.3. The van der Waals surface area contributed by atoms with Crippen LogP contribution >= 0.6 is 27.5 Å². The Kier molecular flexibility index (Phi) is 31.9. The van der Waals surface area contributed by atoms with Crippen LogP contribution in [0.5, 0.6) is 28.7 Å². The minimum atomic E-state index is -0.316. The summed E-state index contributed by atoms with van der Waals surface area (Å²) >= 11 is 9.42. The van der Waals surface area contributed by atoms with Crippen LogP contribution < -0.4 is 21.3 Å². The molecule has 136 heavy (non-hydrogen) atoms. The summed E-state index contributed by atoms with van der Waals surface area (Å²) in [6.45, 7) is 0. The number of hydrogen-bond donors (Lipinski definition) is 9. The van der Waals surface area contributed by atoms with E-state index in [2.05, 4.69) is 37.2 Å². The molecule has 21 nitrogen and oxygen atoms in total. The largest absolute Gasteiger partial charge is 0.508 e. The smallest absolute Gasteiger partial charge is 0.229 e. The van der Waals surface area contributed by atoms with E-state index in [1.165, 1.54) is 141 Å². The maximum atomic E-state index is 13.2. The number of phenols is 5. The first kappa shape index (κ1) is 95.4. The third kappa shape index (κ3) is 25.5. The van der Waals surface area contributed by atoms with Gasteiger partial charge in [-0.1, -0.05) is 204 Å². The van der Waals surface area contributed by atoms with Gasteiger partial charge in [0.2, 0.25) is 23.6 Å². The van der Waals surface area contributed by atoms with Gasteiger partial charge >= 0.3 is 0 Å². The van der Waals surface area contributed by atoms with Gasteiger partial charge < -0.3 is 46.8 Å². The Morgan fingerprint density at radius 3 is 0.801 bits per heavy atom. The highest BCUT2D eigenvalue weighted by Gasteiger charge is 2.31. The van der Waals surface area contributed by atoms with Crippen molar-refractivity contribution in [1.29, 1.82) is 0 Å². The number of anilines is 4. The molecule has 4 fully saturated rings. The quantitative estimate of drug-likeness (QED) is 0.0271. The van der Waals surface area contributed by atoms with Crippen LogP contribution in [-0.4, -0.2) is 89.0 Å². The zero-order valence-corrected chi connectivity index (χ0v) is 79.7. The van der Waals surface area contributed by atoms with E-state index in [0.29, 0.717) is 58.9 Å². The predicted octanol–water partition coefficient (Wildman–Crippen LogP) is 23.8. The van der Waals surface area contributed by atoms with Crippen LogP contribution in [0, 0.1) is 29.5 Å². The van der Waals surface area contributed by atoms with Gasteiger partial charge in [0.1, 0.15) is 34.6 Å². The number of amides is 4. The molecule has 8 aliphatic carbocycles. The van der Waals surface area contributed by atoms with Crippen molar-refractivity contribution < 1.29 is 49.1 Å². The summed E-state index contributed by atoms with van der Waals surface area (Å²) < 4.78 is 14.2. The topological polar surface area (TPSA) is 321 Å². The second-order valence-corrected chi connectivity index (χ2v) is 39.6. The lowest BCUT2D eigenvalue weighted by Crippen LogP contribution is -2.20. The number of nitrogens with zero attached hydrogens (tertiary/aromatic N) is 8. The van der Waals surface area contributed by atoms with Crippen LogP contribution in [0.25, 0.3) is 45.0 Å². The van der Waals surface area contributed by atoms with Gasteiger partial charge in [-0.3, -0.25) is 19.2 Å². The van der Waals surface area contributed by atoms with Gasteiger partial charge in [0, 0.05) is 31.7 Å². The van der Waals surface area contributed by atoms with E-state index in [-0.39, 0.29) is 77.5 Å². The number of aromatic nitrogens is 8. The number of rotatable bonds is 24. The lowest BCUT2D eigenvalue weighted by atomic mass is 9.85. The normalized spacial score (nSPS) is 15.4. The molecule has 0 saturated heterocycles. The molecule has 4 heterocycles. The van der Waals surface area contributed by atoms with Gasteiger partial charge in [0.05, 0.1) is 94.0 Å². The van der Waals surface area contributed by atoms with E-state index >= 15 is 0 Å². The average molecular weight is 1910 g/mol. The highest BCUT2D eigenvalue weighted by molar-refractivity contribution is 9.10. The molecule has 0 radical (unpaired) electrons. The van der Waals surface area contributed by atoms with Crippen LogP contribution in [0.15, 0.2) is 174 Å². The molecule has 24 heteroatoms. The van der Waals surface area contributed by atoms with Gasteiger partial charge in [0.25, 0.3) is 0 Å². The zero-order valence-electron chi connectivity index (χ0n) is 77.3. The van der Waals surface area contributed by atoms with E-state index in [1.54, 1.807) is 78.9 Å². The minimum absolute atomic E-state index is 0.0726. The first-order chi connectivity index (χ1) is 66.2. The van der Waals surface area contributed by atoms with Crippen molar-refractivity contribution in [3.8, 4) is 73.8 Å². The zero-order chi connectivity index (χ0) is 94.0. The highest BCUT2D eigenvalue weighted by atomic mass is 79.9. The van der Waals surface area contributed by atoms with E-state index in [1.807, 2.05) is 78.9 Å². The van der Waals surface area contributed by atoms with Gasteiger partial charge in [-0.25, -0.2) is 44.3 Å². The lowest BCUT2D eigenvalue weighted by molar-refractivity contribution is -0.116. The number of carbonyl (C=O) groups excluding carboxylic acids is 4. The first-order valence-electron chi connectivity index (χ1n) is 49.3. The summed E-state index contributed by atoms with van der Waals surface area (Å²) in [5.41, 5.74) is 22.4. The molecule has 0 unspecified atom stereocenters. The molecule has 0 atom stereocenters. The Labute approximate surface area is 808 Å². The SMILES string of the molecule is O=C(Cc1ccc(Br)cc1)Nc1nc2c(nc1CCC1CCCCC1)-c1ccc(O)cc1CC2.O=C(Cc1ccc(Cl)cc1)Nc1nc2c(nc1CCC1CCCCC1)-c1ccc(O)cc1CC2.O=C(Cc1ccc(F)cc1)Nc1nc2c(nc1CCC1CCCCC1)-c1ccc(O)cc1CC2.O=C(Cc1ccc(O)cc1)Nc1nc2c(nc1CCC1CCCCC1)-c1ccc(O)cc1CC2. The maximum Gasteiger partial charge on any atom is 0.229 e. The maximum absolute atomic E-state index is 13.2. The summed E-state index contributed by atoms with van der Waals surface area (Å²) in [5.74, 6) is 5.62. The lowest BCUT2D eigenvalue weighted by Gasteiger charge is -2.23. The Balaban J connectivity index is 0.000000126. The van der Waals surface area contributed by atoms with Gasteiger partial charge in [-0.2, -0.15) is 0 Å². The molecular weight excluding hydrogens is 1790 g/mol. The van der Waals surface area contributed by atoms with Gasteiger partial charge in [-0.15, -0.1) is 0 Å². The third-order valence-electron chi connectivity index (χ3n) is 28.3. The van der Waals surface area contributed by atoms with Crippen LogP contribution in [0.3, 0.4) is 0 Å². The average Bonchev–Trinajstić information content (AvgIpc) is 0.783. The molecular formula is C112H121BrClFN12O9. The van der Waals surface area contributed by atoms with Crippen molar-refractivity contribution >= 4 is 74.4 Å². The van der Waals surface area contributed by atoms with Crippen LogP contribution in [-0.2, 0) is 122 Å². The number of benzene rings is 8. The van der Waals surface area contributed by atoms with Crippen molar-refractivity contribution in [1.82, 2.24) is 39.9 Å². The second kappa shape index (κ2) is 45.5. The molecule has 0 aliphatic heterocycles. The Morgan fingerprint density at radius 1 is 0.301 bits per heavy atom. The van der Waals surface area contributed by atoms with E-state index < -0.39 is 0 Å². The molecule has 0 bridgehead atoms. The molecule has 9 N–H and O–H groups in total. The molecule has 12 aromatic rings. The minimum Gasteiger partial charge on any atom is -0.508 e. The number of aromatic hydroxyl groups is 5. The fourth-order valence-corrected chi connectivity index (χ4v) is 21.3. The number of phenolic OH excluding ortho intramolecular Hbond substituents is 5. The van der Waals surface area contributed by atoms with Crippen molar-refractivity contribution in [2.24, 2.45) is 23.7 Å². The van der Waals surface area contributed by atoms with Crippen molar-refractivity contribution in [3.05, 3.63) is 275 Å². The number of halogens is 3. The molecule has 8 aromatic carbocycles. The van der Waals surface area contributed by atoms with Gasteiger partial charge in [0.15, 0.2) is 23.3 Å². The second-order valence-electron chi connectivity index (χ2n) is 38.2. The fraction of sp³-hybridized carbons (Fsp3) is 0.393. The molecule has 8 aliphatic rings. The van der Waals surface area contributed by atoms with Crippen LogP contribution in [0.2, 0.25) is 5.02 Å². The predicted molar refractivity (Wildman–Crippen MR) is 535 cm³/mol.